The van der Waals surface area contributed by atoms with Gasteiger partial charge in [0.15, 0.2) is 5.65 Å². The van der Waals surface area contributed by atoms with Gasteiger partial charge in [-0.15, -0.1) is 10.2 Å². The number of aliphatic hydroxyl groups excluding tert-OH is 1. The number of nitrogens with zero attached hydrogens (tertiary/aromatic N) is 3. The van der Waals surface area contributed by atoms with Crippen LogP contribution in [0.15, 0.2) is 18.3 Å². The van der Waals surface area contributed by atoms with Crippen molar-refractivity contribution in [3.8, 4) is 0 Å². The van der Waals surface area contributed by atoms with Gasteiger partial charge in [0, 0.05) is 12.7 Å². The quantitative estimate of drug-likeness (QED) is 0.876. The van der Waals surface area contributed by atoms with E-state index in [2.05, 4.69) is 15.5 Å². The second-order valence-electron chi connectivity index (χ2n) is 6.29. The Bertz CT molecular complexity index is 646. The molecule has 0 aromatic carbocycles. The van der Waals surface area contributed by atoms with Crippen molar-refractivity contribution in [2.24, 2.45) is 5.41 Å². The molecule has 6 heteroatoms. The number of rotatable bonds is 5. The van der Waals surface area contributed by atoms with E-state index in [-0.39, 0.29) is 17.4 Å². The van der Waals surface area contributed by atoms with E-state index in [9.17, 15) is 9.90 Å². The fraction of sp³-hybridized carbons (Fsp3) is 0.533. The number of nitrogens with one attached hydrogen (secondary N) is 1. The lowest BCUT2D eigenvalue weighted by Crippen LogP contribution is -2.35. The molecule has 0 aliphatic carbocycles. The van der Waals surface area contributed by atoms with Crippen molar-refractivity contribution in [2.45, 2.75) is 40.2 Å². The molecule has 2 aromatic rings. The smallest absolute Gasteiger partial charge is 0.252 e. The lowest BCUT2D eigenvalue weighted by molar-refractivity contribution is 0.0901. The van der Waals surface area contributed by atoms with Crippen molar-refractivity contribution < 1.29 is 9.90 Å². The van der Waals surface area contributed by atoms with Crippen LogP contribution in [0.25, 0.3) is 5.65 Å². The highest BCUT2D eigenvalue weighted by atomic mass is 16.3. The number of aliphatic hydroxyl groups is 1. The summed E-state index contributed by atoms with van der Waals surface area (Å²) < 4.78 is 1.79. The van der Waals surface area contributed by atoms with Crippen LogP contribution in [0.2, 0.25) is 0 Å². The Morgan fingerprint density at radius 2 is 2.14 bits per heavy atom. The van der Waals surface area contributed by atoms with E-state index in [4.69, 9.17) is 0 Å². The average Bonchev–Trinajstić information content (AvgIpc) is 2.76. The molecule has 0 bridgehead atoms. The van der Waals surface area contributed by atoms with Crippen LogP contribution in [0.1, 0.15) is 43.4 Å². The molecule has 0 saturated heterocycles. The normalized spacial score (nSPS) is 13.4. The fourth-order valence-corrected chi connectivity index (χ4v) is 2.43. The third kappa shape index (κ3) is 3.78. The van der Waals surface area contributed by atoms with Crippen molar-refractivity contribution in [3.63, 3.8) is 0 Å². The van der Waals surface area contributed by atoms with Gasteiger partial charge in [0.05, 0.1) is 11.7 Å². The highest BCUT2D eigenvalue weighted by Crippen LogP contribution is 2.21. The molecule has 1 atom stereocenters. The molecule has 0 fully saturated rings. The monoisotopic (exact) mass is 290 g/mol. The molecule has 2 rings (SSSR count). The standard InChI is InChI=1S/C15H22N4O2/c1-10(20)7-15(3,4)9-16-14(21)12-5-6-13-18-17-11(2)19(13)8-12/h5-6,8,10,20H,7,9H2,1-4H3,(H,16,21). The lowest BCUT2D eigenvalue weighted by Gasteiger charge is -2.26. The predicted molar refractivity (Wildman–Crippen MR) is 80.1 cm³/mol. The van der Waals surface area contributed by atoms with Gasteiger partial charge >= 0.3 is 0 Å². The van der Waals surface area contributed by atoms with Gasteiger partial charge in [-0.2, -0.15) is 0 Å². The van der Waals surface area contributed by atoms with Crippen molar-refractivity contribution in [1.82, 2.24) is 19.9 Å². The maximum atomic E-state index is 12.2. The molecule has 0 radical (unpaired) electrons. The Kier molecular flexibility index (Phi) is 4.27. The van der Waals surface area contributed by atoms with Crippen LogP contribution in [-0.2, 0) is 0 Å². The van der Waals surface area contributed by atoms with E-state index < -0.39 is 0 Å². The van der Waals surface area contributed by atoms with E-state index in [1.165, 1.54) is 0 Å². The first-order valence-electron chi connectivity index (χ1n) is 7.06. The van der Waals surface area contributed by atoms with Gasteiger partial charge in [-0.25, -0.2) is 0 Å². The summed E-state index contributed by atoms with van der Waals surface area (Å²) in [5.41, 5.74) is 1.14. The maximum Gasteiger partial charge on any atom is 0.252 e. The largest absolute Gasteiger partial charge is 0.393 e. The van der Waals surface area contributed by atoms with Gasteiger partial charge in [0.25, 0.3) is 5.91 Å². The Hall–Kier alpha value is -1.95. The Morgan fingerprint density at radius 3 is 2.81 bits per heavy atom. The minimum Gasteiger partial charge on any atom is -0.393 e. The number of carbonyl (C=O) groups excluding carboxylic acids is 1. The summed E-state index contributed by atoms with van der Waals surface area (Å²) in [4.78, 5) is 12.2. The molecule has 2 aromatic heterocycles. The zero-order chi connectivity index (χ0) is 15.6. The summed E-state index contributed by atoms with van der Waals surface area (Å²) in [6, 6.07) is 3.51. The van der Waals surface area contributed by atoms with Gasteiger partial charge in [-0.3, -0.25) is 9.20 Å². The number of hydrogen-bond donors (Lipinski definition) is 2. The number of carbonyl (C=O) groups is 1. The molecule has 2 N–H and O–H groups in total. The number of aromatic nitrogens is 3. The third-order valence-electron chi connectivity index (χ3n) is 3.41. The number of pyridine rings is 1. The van der Waals surface area contributed by atoms with Crippen LogP contribution >= 0.6 is 0 Å². The maximum absolute atomic E-state index is 12.2. The molecule has 0 aliphatic rings. The zero-order valence-corrected chi connectivity index (χ0v) is 12.9. The second kappa shape index (κ2) is 5.81. The SMILES string of the molecule is Cc1nnc2ccc(C(=O)NCC(C)(C)CC(C)O)cn12. The van der Waals surface area contributed by atoms with Crippen molar-refractivity contribution in [2.75, 3.05) is 6.54 Å². The van der Waals surface area contributed by atoms with Crippen LogP contribution < -0.4 is 5.32 Å². The summed E-state index contributed by atoms with van der Waals surface area (Å²) in [6.45, 7) is 8.15. The highest BCUT2D eigenvalue weighted by molar-refractivity contribution is 5.94. The molecule has 0 spiro atoms. The van der Waals surface area contributed by atoms with E-state index in [0.29, 0.717) is 18.5 Å². The summed E-state index contributed by atoms with van der Waals surface area (Å²) in [5.74, 6) is 0.609. The summed E-state index contributed by atoms with van der Waals surface area (Å²) in [5, 5.41) is 20.3. The number of aryl methyl sites for hydroxylation is 1. The Labute approximate surface area is 124 Å². The third-order valence-corrected chi connectivity index (χ3v) is 3.41. The number of amides is 1. The van der Waals surface area contributed by atoms with Crippen molar-refractivity contribution in [3.05, 3.63) is 29.7 Å². The van der Waals surface area contributed by atoms with Crippen molar-refractivity contribution in [1.29, 1.82) is 0 Å². The second-order valence-corrected chi connectivity index (χ2v) is 6.29. The van der Waals surface area contributed by atoms with E-state index in [1.807, 2.05) is 20.8 Å². The van der Waals surface area contributed by atoms with E-state index in [1.54, 1.807) is 29.7 Å². The van der Waals surface area contributed by atoms with Gasteiger partial charge in [-0.1, -0.05) is 13.8 Å². The first-order valence-corrected chi connectivity index (χ1v) is 7.06. The first-order chi connectivity index (χ1) is 9.78. The van der Waals surface area contributed by atoms with E-state index in [0.717, 1.165) is 11.5 Å². The molecular weight excluding hydrogens is 268 g/mol. The molecule has 1 amide bonds. The Morgan fingerprint density at radius 1 is 1.43 bits per heavy atom. The van der Waals surface area contributed by atoms with Gasteiger partial charge < -0.3 is 10.4 Å². The fourth-order valence-electron chi connectivity index (χ4n) is 2.43. The minimum atomic E-state index is -0.382. The van der Waals surface area contributed by atoms with Crippen LogP contribution in [0.5, 0.6) is 0 Å². The molecular formula is C15H22N4O2. The first kappa shape index (κ1) is 15.4. The lowest BCUT2D eigenvalue weighted by atomic mass is 9.87. The van der Waals surface area contributed by atoms with Gasteiger partial charge in [0.1, 0.15) is 5.82 Å². The zero-order valence-electron chi connectivity index (χ0n) is 12.9. The van der Waals surface area contributed by atoms with Crippen LogP contribution in [0, 0.1) is 12.3 Å². The molecule has 6 nitrogen and oxygen atoms in total. The molecule has 0 aliphatic heterocycles. The molecule has 2 heterocycles. The van der Waals surface area contributed by atoms with Crippen LogP contribution in [-0.4, -0.2) is 38.3 Å². The molecule has 21 heavy (non-hydrogen) atoms. The highest BCUT2D eigenvalue weighted by Gasteiger charge is 2.21. The predicted octanol–water partition coefficient (Wildman–Crippen LogP) is 1.56. The van der Waals surface area contributed by atoms with Crippen LogP contribution in [0.4, 0.5) is 0 Å². The average molecular weight is 290 g/mol. The summed E-state index contributed by atoms with van der Waals surface area (Å²) in [6.07, 6.45) is 1.99. The van der Waals surface area contributed by atoms with E-state index >= 15 is 0 Å². The van der Waals surface area contributed by atoms with Crippen LogP contribution in [0.3, 0.4) is 0 Å². The number of fused-ring (bicyclic) bond motifs is 1. The topological polar surface area (TPSA) is 79.5 Å². The molecule has 114 valence electrons. The Balaban J connectivity index is 2.06. The summed E-state index contributed by atoms with van der Waals surface area (Å²) in [7, 11) is 0. The van der Waals surface area contributed by atoms with Gasteiger partial charge in [-0.05, 0) is 37.8 Å². The molecule has 1 unspecified atom stereocenters. The number of hydrogen-bond acceptors (Lipinski definition) is 4. The minimum absolute atomic E-state index is 0.135. The van der Waals surface area contributed by atoms with Crippen molar-refractivity contribution >= 4 is 11.6 Å². The van der Waals surface area contributed by atoms with Gasteiger partial charge in [0.2, 0.25) is 0 Å². The summed E-state index contributed by atoms with van der Waals surface area (Å²) >= 11 is 0. The molecule has 0 saturated carbocycles.